The first-order chi connectivity index (χ1) is 13.0. The van der Waals surface area contributed by atoms with E-state index in [9.17, 15) is 14.7 Å². The van der Waals surface area contributed by atoms with E-state index < -0.39 is 5.97 Å². The van der Waals surface area contributed by atoms with Gasteiger partial charge in [-0.15, -0.1) is 0 Å². The molecule has 1 aliphatic rings. The molecule has 0 radical (unpaired) electrons. The molecule has 0 bridgehead atoms. The van der Waals surface area contributed by atoms with Gasteiger partial charge in [0, 0.05) is 49.0 Å². The highest BCUT2D eigenvalue weighted by Gasteiger charge is 2.20. The molecule has 1 saturated heterocycles. The minimum atomic E-state index is -1.05. The smallest absolute Gasteiger partial charge is 0.337 e. The largest absolute Gasteiger partial charge is 0.478 e. The molecule has 27 heavy (non-hydrogen) atoms. The van der Waals surface area contributed by atoms with E-state index in [-0.39, 0.29) is 11.5 Å². The second-order valence-corrected chi connectivity index (χ2v) is 6.82. The van der Waals surface area contributed by atoms with Crippen LogP contribution in [0.3, 0.4) is 0 Å². The molecule has 1 aliphatic heterocycles. The predicted molar refractivity (Wildman–Crippen MR) is 108 cm³/mol. The van der Waals surface area contributed by atoms with Crippen molar-refractivity contribution in [3.63, 3.8) is 0 Å². The molecule has 7 heteroatoms. The number of benzene rings is 2. The van der Waals surface area contributed by atoms with Gasteiger partial charge in [0.2, 0.25) is 5.91 Å². The Kier molecular flexibility index (Phi) is 5.86. The van der Waals surface area contributed by atoms with E-state index in [0.29, 0.717) is 17.1 Å². The van der Waals surface area contributed by atoms with Gasteiger partial charge in [-0.05, 0) is 42.5 Å². The highest BCUT2D eigenvalue weighted by atomic mass is 35.5. The van der Waals surface area contributed by atoms with Gasteiger partial charge in [0.05, 0.1) is 11.3 Å². The monoisotopic (exact) mass is 387 g/mol. The molecular weight excluding hydrogens is 366 g/mol. The molecule has 142 valence electrons. The molecule has 1 fully saturated rings. The summed E-state index contributed by atoms with van der Waals surface area (Å²) in [6.45, 7) is 4.95. The Morgan fingerprint density at radius 3 is 2.11 bits per heavy atom. The molecule has 1 heterocycles. The molecule has 0 aromatic heterocycles. The number of carbonyl (C=O) groups is 2. The van der Waals surface area contributed by atoms with Crippen LogP contribution in [0.4, 0.5) is 17.1 Å². The van der Waals surface area contributed by atoms with Gasteiger partial charge in [0.25, 0.3) is 0 Å². The van der Waals surface area contributed by atoms with Crippen molar-refractivity contribution in [2.24, 2.45) is 0 Å². The van der Waals surface area contributed by atoms with Crippen LogP contribution in [0.15, 0.2) is 42.5 Å². The van der Waals surface area contributed by atoms with E-state index in [1.807, 2.05) is 30.3 Å². The molecule has 2 N–H and O–H groups in total. The lowest BCUT2D eigenvalue weighted by atomic mass is 10.1. The highest BCUT2D eigenvalue weighted by Crippen LogP contribution is 2.26. The van der Waals surface area contributed by atoms with Crippen LogP contribution in [-0.2, 0) is 4.79 Å². The lowest BCUT2D eigenvalue weighted by Crippen LogP contribution is -2.46. The van der Waals surface area contributed by atoms with Crippen LogP contribution in [0.2, 0.25) is 5.02 Å². The van der Waals surface area contributed by atoms with E-state index in [1.165, 1.54) is 0 Å². The molecule has 0 spiro atoms. The average molecular weight is 388 g/mol. The Hall–Kier alpha value is -2.73. The van der Waals surface area contributed by atoms with Crippen molar-refractivity contribution in [3.8, 4) is 0 Å². The second kappa shape index (κ2) is 8.31. The van der Waals surface area contributed by atoms with Gasteiger partial charge in [0.15, 0.2) is 0 Å². The first kappa shape index (κ1) is 19.0. The van der Waals surface area contributed by atoms with Gasteiger partial charge < -0.3 is 20.2 Å². The molecule has 0 aliphatic carbocycles. The van der Waals surface area contributed by atoms with Gasteiger partial charge >= 0.3 is 5.97 Å². The minimum absolute atomic E-state index is 0.106. The number of hydrogen-bond donors (Lipinski definition) is 2. The summed E-state index contributed by atoms with van der Waals surface area (Å²) in [6.07, 6.45) is 0.299. The third-order valence-electron chi connectivity index (χ3n) is 4.67. The topological polar surface area (TPSA) is 72.9 Å². The van der Waals surface area contributed by atoms with Crippen LogP contribution in [0, 0.1) is 0 Å². The number of hydrogen-bond acceptors (Lipinski definition) is 4. The maximum Gasteiger partial charge on any atom is 0.337 e. The zero-order valence-corrected chi connectivity index (χ0v) is 15.9. The molecule has 0 atom stereocenters. The summed E-state index contributed by atoms with van der Waals surface area (Å²) in [5, 5.41) is 12.9. The van der Waals surface area contributed by atoms with Crippen molar-refractivity contribution in [2.45, 2.75) is 13.3 Å². The number of piperazine rings is 1. The summed E-state index contributed by atoms with van der Waals surface area (Å²) in [6, 6.07) is 12.9. The Balaban J connectivity index is 1.72. The number of halogens is 1. The second-order valence-electron chi connectivity index (χ2n) is 6.39. The van der Waals surface area contributed by atoms with Crippen molar-refractivity contribution in [1.82, 2.24) is 0 Å². The summed E-state index contributed by atoms with van der Waals surface area (Å²) in [4.78, 5) is 27.6. The average Bonchev–Trinajstić information content (AvgIpc) is 2.69. The summed E-state index contributed by atoms with van der Waals surface area (Å²) in [5.74, 6) is -1.26. The van der Waals surface area contributed by atoms with Crippen molar-refractivity contribution >= 4 is 40.5 Å². The zero-order chi connectivity index (χ0) is 19.4. The molecule has 2 aromatic rings. The number of rotatable bonds is 5. The minimum Gasteiger partial charge on any atom is -0.478 e. The number of carboxylic acids is 1. The number of carbonyl (C=O) groups excluding carboxylic acids is 1. The van der Waals surface area contributed by atoms with Crippen LogP contribution in [0.5, 0.6) is 0 Å². The van der Waals surface area contributed by atoms with E-state index in [0.717, 1.165) is 37.6 Å². The standard InChI is InChI=1S/C20H22ClN3O3/c1-2-19(25)22-18-8-7-16(13-17(18)20(26)27)24-11-9-23(10-12-24)15-5-3-14(21)4-6-15/h3-8,13H,2,9-12H2,1H3,(H,22,25)(H,26,27). The fourth-order valence-corrected chi connectivity index (χ4v) is 3.25. The SMILES string of the molecule is CCC(=O)Nc1ccc(N2CCN(c3ccc(Cl)cc3)CC2)cc1C(=O)O. The van der Waals surface area contributed by atoms with Crippen molar-refractivity contribution in [2.75, 3.05) is 41.3 Å². The molecule has 0 unspecified atom stereocenters. The molecule has 6 nitrogen and oxygen atoms in total. The lowest BCUT2D eigenvalue weighted by molar-refractivity contribution is -0.115. The molecule has 0 saturated carbocycles. The van der Waals surface area contributed by atoms with Gasteiger partial charge in [-0.25, -0.2) is 4.79 Å². The zero-order valence-electron chi connectivity index (χ0n) is 15.1. The van der Waals surface area contributed by atoms with E-state index in [1.54, 1.807) is 19.1 Å². The highest BCUT2D eigenvalue weighted by molar-refractivity contribution is 6.30. The molecular formula is C20H22ClN3O3. The van der Waals surface area contributed by atoms with Crippen LogP contribution in [0.25, 0.3) is 0 Å². The van der Waals surface area contributed by atoms with Crippen molar-refractivity contribution in [3.05, 3.63) is 53.1 Å². The number of nitrogens with zero attached hydrogens (tertiary/aromatic N) is 2. The number of aromatic carboxylic acids is 1. The third kappa shape index (κ3) is 4.52. The van der Waals surface area contributed by atoms with Gasteiger partial charge in [-0.1, -0.05) is 18.5 Å². The fourth-order valence-electron chi connectivity index (χ4n) is 3.13. The van der Waals surface area contributed by atoms with E-state index in [4.69, 9.17) is 11.6 Å². The maximum atomic E-state index is 11.6. The van der Waals surface area contributed by atoms with Crippen molar-refractivity contribution in [1.29, 1.82) is 0 Å². The number of carboxylic acid groups (broad SMARTS) is 1. The Labute approximate surface area is 163 Å². The number of nitrogens with one attached hydrogen (secondary N) is 1. The summed E-state index contributed by atoms with van der Waals surface area (Å²) >= 11 is 5.95. The first-order valence-electron chi connectivity index (χ1n) is 8.90. The summed E-state index contributed by atoms with van der Waals surface area (Å²) in [5.41, 5.74) is 2.41. The van der Waals surface area contributed by atoms with Gasteiger partial charge in [0.1, 0.15) is 0 Å². The van der Waals surface area contributed by atoms with Gasteiger partial charge in [-0.2, -0.15) is 0 Å². The Morgan fingerprint density at radius 2 is 1.56 bits per heavy atom. The number of amides is 1. The maximum absolute atomic E-state index is 11.6. The lowest BCUT2D eigenvalue weighted by Gasteiger charge is -2.37. The van der Waals surface area contributed by atoms with Crippen LogP contribution in [-0.4, -0.2) is 43.2 Å². The summed E-state index contributed by atoms with van der Waals surface area (Å²) < 4.78 is 0. The van der Waals surface area contributed by atoms with Crippen LogP contribution in [0.1, 0.15) is 23.7 Å². The quantitative estimate of drug-likeness (QED) is 0.818. The molecule has 1 amide bonds. The fraction of sp³-hybridized carbons (Fsp3) is 0.300. The number of anilines is 3. The van der Waals surface area contributed by atoms with Crippen LogP contribution >= 0.6 is 11.6 Å². The normalized spacial score (nSPS) is 14.1. The Bertz CT molecular complexity index is 831. The van der Waals surface area contributed by atoms with E-state index >= 15 is 0 Å². The van der Waals surface area contributed by atoms with Crippen molar-refractivity contribution < 1.29 is 14.7 Å². The summed E-state index contributed by atoms with van der Waals surface area (Å²) in [7, 11) is 0. The molecule has 3 rings (SSSR count). The molecule has 2 aromatic carbocycles. The van der Waals surface area contributed by atoms with Gasteiger partial charge in [-0.3, -0.25) is 4.79 Å². The first-order valence-corrected chi connectivity index (χ1v) is 9.28. The Morgan fingerprint density at radius 1 is 1.00 bits per heavy atom. The predicted octanol–water partition coefficient (Wildman–Crippen LogP) is 3.71. The van der Waals surface area contributed by atoms with Crippen LogP contribution < -0.4 is 15.1 Å². The van der Waals surface area contributed by atoms with E-state index in [2.05, 4.69) is 15.1 Å². The third-order valence-corrected chi connectivity index (χ3v) is 4.92.